The molecule has 1 aliphatic rings. The van der Waals surface area contributed by atoms with Crippen LogP contribution in [0.1, 0.15) is 24.4 Å². The van der Waals surface area contributed by atoms with Gasteiger partial charge in [-0.15, -0.1) is 0 Å². The number of primary amides is 1. The maximum absolute atomic E-state index is 12.3. The van der Waals surface area contributed by atoms with Crippen molar-refractivity contribution in [3.8, 4) is 0 Å². The smallest absolute Gasteiger partial charge is 0.234 e. The van der Waals surface area contributed by atoms with Gasteiger partial charge in [-0.1, -0.05) is 29.8 Å². The molecule has 0 saturated carbocycles. The summed E-state index contributed by atoms with van der Waals surface area (Å²) >= 11 is 6.29. The van der Waals surface area contributed by atoms with Crippen LogP contribution in [0.4, 0.5) is 0 Å². The van der Waals surface area contributed by atoms with Gasteiger partial charge in [0.05, 0.1) is 12.6 Å². The summed E-state index contributed by atoms with van der Waals surface area (Å²) in [6.45, 7) is 2.28. The molecule has 1 heterocycles. The molecule has 0 spiro atoms. The topological polar surface area (TPSA) is 78.7 Å². The molecule has 0 radical (unpaired) electrons. The molecular formula is C18H27ClN4O2. The molecule has 1 fully saturated rings. The summed E-state index contributed by atoms with van der Waals surface area (Å²) in [6, 6.07) is 7.69. The summed E-state index contributed by atoms with van der Waals surface area (Å²) in [7, 11) is 3.93. The van der Waals surface area contributed by atoms with Gasteiger partial charge in [0.25, 0.3) is 0 Å². The lowest BCUT2D eigenvalue weighted by molar-refractivity contribution is -0.124. The number of halogens is 1. The first kappa shape index (κ1) is 19.7. The summed E-state index contributed by atoms with van der Waals surface area (Å²) in [5.41, 5.74) is 6.34. The Labute approximate surface area is 154 Å². The fraction of sp³-hybridized carbons (Fsp3) is 0.556. The summed E-state index contributed by atoms with van der Waals surface area (Å²) in [6.07, 6.45) is 1.45. The lowest BCUT2D eigenvalue weighted by Crippen LogP contribution is -2.45. The molecule has 1 aliphatic heterocycles. The fourth-order valence-corrected chi connectivity index (χ4v) is 3.42. The van der Waals surface area contributed by atoms with E-state index in [1.807, 2.05) is 43.3 Å². The summed E-state index contributed by atoms with van der Waals surface area (Å²) in [5.74, 6) is -0.313. The molecule has 1 aromatic rings. The molecule has 25 heavy (non-hydrogen) atoms. The second-order valence-electron chi connectivity index (χ2n) is 6.76. The van der Waals surface area contributed by atoms with Gasteiger partial charge in [-0.25, -0.2) is 0 Å². The summed E-state index contributed by atoms with van der Waals surface area (Å²) < 4.78 is 0. The van der Waals surface area contributed by atoms with E-state index >= 15 is 0 Å². The molecule has 0 bridgehead atoms. The Morgan fingerprint density at radius 2 is 1.96 bits per heavy atom. The Balaban J connectivity index is 1.84. The molecule has 2 rings (SSSR count). The molecule has 1 aromatic carbocycles. The Morgan fingerprint density at radius 3 is 2.52 bits per heavy atom. The van der Waals surface area contributed by atoms with Crippen LogP contribution in [0.2, 0.25) is 5.02 Å². The van der Waals surface area contributed by atoms with E-state index in [0.29, 0.717) is 18.1 Å². The number of benzene rings is 1. The first-order valence-electron chi connectivity index (χ1n) is 8.57. The number of rotatable bonds is 7. The predicted octanol–water partition coefficient (Wildman–Crippen LogP) is 1.26. The molecule has 6 nitrogen and oxygen atoms in total. The average Bonchev–Trinajstić information content (AvgIpc) is 2.56. The van der Waals surface area contributed by atoms with Gasteiger partial charge in [-0.05, 0) is 51.7 Å². The average molecular weight is 367 g/mol. The van der Waals surface area contributed by atoms with Gasteiger partial charge < -0.3 is 16.0 Å². The van der Waals surface area contributed by atoms with Crippen LogP contribution >= 0.6 is 11.6 Å². The van der Waals surface area contributed by atoms with Gasteiger partial charge in [-0.3, -0.25) is 14.5 Å². The quantitative estimate of drug-likeness (QED) is 0.761. The van der Waals surface area contributed by atoms with E-state index in [-0.39, 0.29) is 23.8 Å². The number of nitrogens with zero attached hydrogens (tertiary/aromatic N) is 2. The molecule has 0 aromatic heterocycles. The zero-order chi connectivity index (χ0) is 18.4. The zero-order valence-electron chi connectivity index (χ0n) is 14.9. The van der Waals surface area contributed by atoms with Crippen LogP contribution in [0.5, 0.6) is 0 Å². The minimum Gasteiger partial charge on any atom is -0.369 e. The summed E-state index contributed by atoms with van der Waals surface area (Å²) in [5, 5.41) is 3.70. The lowest BCUT2D eigenvalue weighted by Gasteiger charge is -2.30. The number of amides is 2. The van der Waals surface area contributed by atoms with Gasteiger partial charge in [0, 0.05) is 17.5 Å². The van der Waals surface area contributed by atoms with Crippen molar-refractivity contribution in [3.63, 3.8) is 0 Å². The molecule has 0 unspecified atom stereocenters. The highest BCUT2D eigenvalue weighted by Crippen LogP contribution is 2.25. The van der Waals surface area contributed by atoms with Crippen molar-refractivity contribution in [2.75, 3.05) is 40.3 Å². The van der Waals surface area contributed by atoms with E-state index in [9.17, 15) is 9.59 Å². The van der Waals surface area contributed by atoms with E-state index in [2.05, 4.69) is 10.2 Å². The number of likely N-dealkylation sites (tertiary alicyclic amines) is 1. The minimum atomic E-state index is -0.238. The highest BCUT2D eigenvalue weighted by Gasteiger charge is 2.24. The van der Waals surface area contributed by atoms with Crippen molar-refractivity contribution in [2.24, 2.45) is 11.7 Å². The highest BCUT2D eigenvalue weighted by molar-refractivity contribution is 6.31. The number of carbonyl (C=O) groups is 2. The largest absolute Gasteiger partial charge is 0.369 e. The third-order valence-corrected chi connectivity index (χ3v) is 5.08. The Bertz CT molecular complexity index is 600. The van der Waals surface area contributed by atoms with Gasteiger partial charge in [0.2, 0.25) is 11.8 Å². The number of carbonyl (C=O) groups excluding carboxylic acids is 2. The fourth-order valence-electron chi connectivity index (χ4n) is 3.16. The van der Waals surface area contributed by atoms with E-state index in [1.54, 1.807) is 0 Å². The van der Waals surface area contributed by atoms with Crippen LogP contribution in [0.3, 0.4) is 0 Å². The second-order valence-corrected chi connectivity index (χ2v) is 7.16. The van der Waals surface area contributed by atoms with Crippen molar-refractivity contribution in [1.82, 2.24) is 15.1 Å². The molecule has 1 saturated heterocycles. The van der Waals surface area contributed by atoms with E-state index < -0.39 is 0 Å². The highest BCUT2D eigenvalue weighted by atomic mass is 35.5. The number of hydrogen-bond acceptors (Lipinski definition) is 4. The van der Waals surface area contributed by atoms with Crippen molar-refractivity contribution >= 4 is 23.4 Å². The molecular weight excluding hydrogens is 340 g/mol. The van der Waals surface area contributed by atoms with Crippen molar-refractivity contribution in [3.05, 3.63) is 34.9 Å². The van der Waals surface area contributed by atoms with Crippen LogP contribution in [0.15, 0.2) is 24.3 Å². The Hall–Kier alpha value is -1.63. The molecule has 2 amide bonds. The number of hydrogen-bond donors (Lipinski definition) is 2. The standard InChI is InChI=1S/C18H27ClN4O2/c1-22(2)16(14-5-3-4-6-15(14)19)11-21-17(24)12-23-9-7-13(8-10-23)18(20)25/h3-6,13,16H,7-12H2,1-2H3,(H2,20,25)(H,21,24)/t16-/m1/s1. The summed E-state index contributed by atoms with van der Waals surface area (Å²) in [4.78, 5) is 27.6. The van der Waals surface area contributed by atoms with Crippen LogP contribution in [0, 0.1) is 5.92 Å². The molecule has 3 N–H and O–H groups in total. The number of nitrogens with one attached hydrogen (secondary N) is 1. The van der Waals surface area contributed by atoms with Gasteiger partial charge in [0.1, 0.15) is 0 Å². The number of likely N-dealkylation sites (N-methyl/N-ethyl adjacent to an activating group) is 1. The Kier molecular flexibility index (Phi) is 7.23. The maximum Gasteiger partial charge on any atom is 0.234 e. The van der Waals surface area contributed by atoms with E-state index in [4.69, 9.17) is 17.3 Å². The molecule has 138 valence electrons. The first-order chi connectivity index (χ1) is 11.9. The zero-order valence-corrected chi connectivity index (χ0v) is 15.6. The maximum atomic E-state index is 12.3. The van der Waals surface area contributed by atoms with Crippen LogP contribution in [-0.2, 0) is 9.59 Å². The predicted molar refractivity (Wildman–Crippen MR) is 99.2 cm³/mol. The van der Waals surface area contributed by atoms with Crippen LogP contribution < -0.4 is 11.1 Å². The van der Waals surface area contributed by atoms with E-state index in [0.717, 1.165) is 31.5 Å². The van der Waals surface area contributed by atoms with Crippen molar-refractivity contribution in [2.45, 2.75) is 18.9 Å². The monoisotopic (exact) mass is 366 g/mol. The second kappa shape index (κ2) is 9.17. The Morgan fingerprint density at radius 1 is 1.32 bits per heavy atom. The van der Waals surface area contributed by atoms with Crippen LogP contribution in [-0.4, -0.2) is 61.9 Å². The number of piperidine rings is 1. The van der Waals surface area contributed by atoms with Gasteiger partial charge >= 0.3 is 0 Å². The van der Waals surface area contributed by atoms with Gasteiger partial charge in [-0.2, -0.15) is 0 Å². The third kappa shape index (κ3) is 5.70. The minimum absolute atomic E-state index is 0.0123. The van der Waals surface area contributed by atoms with Crippen LogP contribution in [0.25, 0.3) is 0 Å². The van der Waals surface area contributed by atoms with E-state index in [1.165, 1.54) is 0 Å². The first-order valence-corrected chi connectivity index (χ1v) is 8.95. The molecule has 0 aliphatic carbocycles. The lowest BCUT2D eigenvalue weighted by atomic mass is 9.96. The normalized spacial score (nSPS) is 17.4. The van der Waals surface area contributed by atoms with Gasteiger partial charge in [0.15, 0.2) is 0 Å². The molecule has 1 atom stereocenters. The SMILES string of the molecule is CN(C)[C@H](CNC(=O)CN1CCC(C(N)=O)CC1)c1ccccc1Cl. The molecule has 7 heteroatoms. The third-order valence-electron chi connectivity index (χ3n) is 4.74. The van der Waals surface area contributed by atoms with Crippen molar-refractivity contribution < 1.29 is 9.59 Å². The number of nitrogens with two attached hydrogens (primary N) is 1. The van der Waals surface area contributed by atoms with Crippen molar-refractivity contribution in [1.29, 1.82) is 0 Å².